The fourth-order valence-electron chi connectivity index (χ4n) is 2.82. The number of carbonyl (C=O) groups excluding carboxylic acids is 1. The predicted molar refractivity (Wildman–Crippen MR) is 122 cm³/mol. The number of carbonyl (C=O) groups is 1. The van der Waals surface area contributed by atoms with Crippen LogP contribution in [0.15, 0.2) is 12.1 Å². The number of ether oxygens (including phenoxy) is 1. The van der Waals surface area contributed by atoms with Gasteiger partial charge in [-0.1, -0.05) is 74.4 Å². The van der Waals surface area contributed by atoms with E-state index in [1.807, 2.05) is 0 Å². The Morgan fingerprint density at radius 2 is 1.19 bits per heavy atom. The maximum atomic E-state index is 12.2. The Morgan fingerprint density at radius 3 is 1.46 bits per heavy atom. The van der Waals surface area contributed by atoms with E-state index in [-0.39, 0.29) is 22.9 Å². The van der Waals surface area contributed by atoms with Gasteiger partial charge in [-0.25, -0.2) is 4.79 Å². The SMILES string of the molecule is CC(C)(C)c1cc(C(C)(C)C)c(COC(=O)C(Br)(Br)Br)c(C(C)(C)C)c1. The average Bonchev–Trinajstić information content (AvgIpc) is 2.39. The molecule has 0 saturated heterocycles. The molecule has 0 radical (unpaired) electrons. The second kappa shape index (κ2) is 7.87. The molecule has 0 fully saturated rings. The number of esters is 1. The van der Waals surface area contributed by atoms with Gasteiger partial charge in [-0.3, -0.25) is 0 Å². The van der Waals surface area contributed by atoms with Gasteiger partial charge in [0.05, 0.1) is 0 Å². The van der Waals surface area contributed by atoms with E-state index in [1.54, 1.807) is 0 Å². The highest BCUT2D eigenvalue weighted by molar-refractivity contribution is 9.40. The van der Waals surface area contributed by atoms with Crippen molar-refractivity contribution in [3.63, 3.8) is 0 Å². The van der Waals surface area contributed by atoms with E-state index < -0.39 is 8.11 Å². The van der Waals surface area contributed by atoms with Crippen molar-refractivity contribution >= 4 is 53.8 Å². The van der Waals surface area contributed by atoms with E-state index in [2.05, 4.69) is 122 Å². The molecule has 0 bridgehead atoms. The maximum Gasteiger partial charge on any atom is 0.345 e. The summed E-state index contributed by atoms with van der Waals surface area (Å²) in [6.45, 7) is 20.2. The van der Waals surface area contributed by atoms with E-state index >= 15 is 0 Å². The molecule has 2 nitrogen and oxygen atoms in total. The second-order valence-electron chi connectivity index (χ2n) is 9.87. The van der Waals surface area contributed by atoms with E-state index in [0.717, 1.165) is 5.56 Å². The van der Waals surface area contributed by atoms with Crippen molar-refractivity contribution in [2.24, 2.45) is 0 Å². The Labute approximate surface area is 184 Å². The van der Waals surface area contributed by atoms with Gasteiger partial charge in [-0.15, -0.1) is 0 Å². The Balaban J connectivity index is 3.61. The summed E-state index contributed by atoms with van der Waals surface area (Å²) in [5.74, 6) is -0.405. The van der Waals surface area contributed by atoms with Crippen LogP contribution in [0.3, 0.4) is 0 Å². The lowest BCUT2D eigenvalue weighted by Crippen LogP contribution is -2.26. The van der Waals surface area contributed by atoms with Gasteiger partial charge in [-0.05, 0) is 86.3 Å². The molecule has 148 valence electrons. The lowest BCUT2D eigenvalue weighted by Gasteiger charge is -2.33. The Kier molecular flexibility index (Phi) is 7.31. The lowest BCUT2D eigenvalue weighted by molar-refractivity contribution is -0.142. The van der Waals surface area contributed by atoms with Crippen LogP contribution in [0.2, 0.25) is 0 Å². The van der Waals surface area contributed by atoms with Crippen molar-refractivity contribution in [1.82, 2.24) is 0 Å². The smallest absolute Gasteiger partial charge is 0.345 e. The van der Waals surface area contributed by atoms with Crippen LogP contribution in [-0.4, -0.2) is 8.11 Å². The monoisotopic (exact) mass is 552 g/mol. The van der Waals surface area contributed by atoms with Crippen molar-refractivity contribution in [2.45, 2.75) is 87.3 Å². The lowest BCUT2D eigenvalue weighted by atomic mass is 9.72. The summed E-state index contributed by atoms with van der Waals surface area (Å²) >= 11 is 9.69. The van der Waals surface area contributed by atoms with Gasteiger partial charge in [0.2, 0.25) is 2.14 Å². The molecule has 0 atom stereocenters. The van der Waals surface area contributed by atoms with Crippen LogP contribution in [0.5, 0.6) is 0 Å². The third-order valence-electron chi connectivity index (χ3n) is 4.31. The minimum atomic E-state index is -1.05. The van der Waals surface area contributed by atoms with Gasteiger partial charge in [0.25, 0.3) is 0 Å². The molecule has 5 heteroatoms. The highest BCUT2D eigenvalue weighted by Crippen LogP contribution is 2.40. The van der Waals surface area contributed by atoms with Gasteiger partial charge < -0.3 is 4.74 Å². The van der Waals surface area contributed by atoms with Gasteiger partial charge in [0.15, 0.2) is 0 Å². The second-order valence-corrected chi connectivity index (χ2v) is 16.6. The Morgan fingerprint density at radius 1 is 0.808 bits per heavy atom. The standard InChI is InChI=1S/C21H31Br3O2/c1-18(2,3)13-10-15(19(4,5)6)14(16(11-13)20(7,8)9)12-26-17(25)21(22,23)24/h10-11H,12H2,1-9H3. The molecule has 0 unspecified atom stereocenters. The molecule has 1 aromatic rings. The first kappa shape index (κ1) is 24.2. The van der Waals surface area contributed by atoms with Crippen LogP contribution >= 0.6 is 47.8 Å². The van der Waals surface area contributed by atoms with Crippen molar-refractivity contribution in [1.29, 1.82) is 0 Å². The topological polar surface area (TPSA) is 26.3 Å². The molecule has 0 aliphatic heterocycles. The summed E-state index contributed by atoms with van der Waals surface area (Å²) in [6.07, 6.45) is 0. The molecule has 1 aromatic carbocycles. The van der Waals surface area contributed by atoms with Crippen molar-refractivity contribution in [2.75, 3.05) is 0 Å². The van der Waals surface area contributed by atoms with E-state index in [1.165, 1.54) is 16.7 Å². The number of hydrogen-bond donors (Lipinski definition) is 0. The van der Waals surface area contributed by atoms with Crippen LogP contribution in [0.1, 0.15) is 84.6 Å². The van der Waals surface area contributed by atoms with Gasteiger partial charge >= 0.3 is 5.97 Å². The van der Waals surface area contributed by atoms with Crippen LogP contribution in [0.25, 0.3) is 0 Å². The molecule has 26 heavy (non-hydrogen) atoms. The fraction of sp³-hybridized carbons (Fsp3) is 0.667. The molecule has 0 aromatic heterocycles. The van der Waals surface area contributed by atoms with Crippen LogP contribution in [0.4, 0.5) is 0 Å². The van der Waals surface area contributed by atoms with Crippen LogP contribution in [-0.2, 0) is 32.4 Å². The zero-order valence-corrected chi connectivity index (χ0v) is 22.1. The first-order valence-electron chi connectivity index (χ1n) is 8.77. The van der Waals surface area contributed by atoms with Crippen molar-refractivity contribution in [3.05, 3.63) is 34.4 Å². The molecule has 1 rings (SSSR count). The largest absolute Gasteiger partial charge is 0.458 e. The highest BCUT2D eigenvalue weighted by atomic mass is 80.0. The van der Waals surface area contributed by atoms with Crippen LogP contribution in [0, 0.1) is 0 Å². The fourth-order valence-corrected chi connectivity index (χ4v) is 3.16. The number of alkyl halides is 3. The molecule has 0 spiro atoms. The molecule has 0 aliphatic carbocycles. The van der Waals surface area contributed by atoms with Gasteiger partial charge in [-0.2, -0.15) is 0 Å². The average molecular weight is 555 g/mol. The number of hydrogen-bond acceptors (Lipinski definition) is 2. The minimum absolute atomic E-state index is 0.0476. The van der Waals surface area contributed by atoms with Gasteiger partial charge in [0.1, 0.15) is 6.61 Å². The molecule has 0 N–H and O–H groups in total. The number of halogens is 3. The first-order chi connectivity index (χ1) is 11.3. The summed E-state index contributed by atoms with van der Waals surface area (Å²) in [4.78, 5) is 12.2. The number of benzene rings is 1. The quantitative estimate of drug-likeness (QED) is 0.280. The zero-order valence-electron chi connectivity index (χ0n) is 17.3. The summed E-state index contributed by atoms with van der Waals surface area (Å²) in [5, 5.41) is 0. The third kappa shape index (κ3) is 6.34. The summed E-state index contributed by atoms with van der Waals surface area (Å²) in [5.41, 5.74) is 4.79. The van der Waals surface area contributed by atoms with Gasteiger partial charge in [0, 0.05) is 0 Å². The molecular formula is C21H31Br3O2. The zero-order chi connectivity index (χ0) is 20.7. The predicted octanol–water partition coefficient (Wildman–Crippen LogP) is 7.46. The number of rotatable bonds is 2. The van der Waals surface area contributed by atoms with Crippen molar-refractivity contribution in [3.8, 4) is 0 Å². The molecule has 0 aliphatic rings. The van der Waals surface area contributed by atoms with Crippen molar-refractivity contribution < 1.29 is 9.53 Å². The minimum Gasteiger partial charge on any atom is -0.458 e. The Hall–Kier alpha value is 0.130. The molecule has 0 saturated carbocycles. The highest BCUT2D eigenvalue weighted by Gasteiger charge is 2.33. The third-order valence-corrected chi connectivity index (χ3v) is 5.28. The van der Waals surface area contributed by atoms with Crippen LogP contribution < -0.4 is 0 Å². The molecular weight excluding hydrogens is 524 g/mol. The molecule has 0 amide bonds. The maximum absolute atomic E-state index is 12.2. The summed E-state index contributed by atoms with van der Waals surface area (Å²) < 4.78 is 4.56. The Bertz CT molecular complexity index is 631. The molecule has 0 heterocycles. The summed E-state index contributed by atoms with van der Waals surface area (Å²) in [6, 6.07) is 4.56. The van der Waals surface area contributed by atoms with E-state index in [9.17, 15) is 4.79 Å². The summed E-state index contributed by atoms with van der Waals surface area (Å²) in [7, 11) is 0. The normalized spacial score (nSPS) is 13.7. The van der Waals surface area contributed by atoms with E-state index in [0.29, 0.717) is 0 Å². The van der Waals surface area contributed by atoms with E-state index in [4.69, 9.17) is 4.74 Å². The first-order valence-corrected chi connectivity index (χ1v) is 11.2.